The molecule has 19 heavy (non-hydrogen) atoms. The van der Waals surface area contributed by atoms with Gasteiger partial charge < -0.3 is 11.1 Å². The number of rotatable bonds is 2. The number of carbonyl (C=O) groups excluding carboxylic acids is 1. The van der Waals surface area contributed by atoms with Crippen LogP contribution in [0.5, 0.6) is 0 Å². The predicted molar refractivity (Wildman–Crippen MR) is 77.8 cm³/mol. The van der Waals surface area contributed by atoms with Gasteiger partial charge in [0.25, 0.3) is 5.91 Å². The quantitative estimate of drug-likeness (QED) is 0.833. The molecule has 0 aliphatic heterocycles. The van der Waals surface area contributed by atoms with Gasteiger partial charge in [-0.15, -0.1) is 0 Å². The van der Waals surface area contributed by atoms with E-state index in [0.717, 1.165) is 5.56 Å². The number of halogens is 2. The zero-order chi connectivity index (χ0) is 14.0. The van der Waals surface area contributed by atoms with Gasteiger partial charge in [0.2, 0.25) is 0 Å². The molecule has 2 aromatic rings. The van der Waals surface area contributed by atoms with Crippen molar-refractivity contribution in [1.82, 2.24) is 4.98 Å². The molecule has 0 aliphatic carbocycles. The van der Waals surface area contributed by atoms with Gasteiger partial charge >= 0.3 is 0 Å². The van der Waals surface area contributed by atoms with Crippen LogP contribution in [0, 0.1) is 6.92 Å². The normalized spacial score (nSPS) is 10.3. The van der Waals surface area contributed by atoms with E-state index in [1.165, 1.54) is 12.1 Å². The second-order valence-electron chi connectivity index (χ2n) is 4.01. The molecule has 0 fully saturated rings. The van der Waals surface area contributed by atoms with Crippen LogP contribution in [0.15, 0.2) is 30.6 Å². The number of carbonyl (C=O) groups is 1. The van der Waals surface area contributed by atoms with Crippen LogP contribution in [0.3, 0.4) is 0 Å². The van der Waals surface area contributed by atoms with Gasteiger partial charge in [-0.1, -0.05) is 23.2 Å². The molecule has 6 heteroatoms. The maximum atomic E-state index is 12.2. The number of hydrogen-bond donors (Lipinski definition) is 2. The lowest BCUT2D eigenvalue weighted by molar-refractivity contribution is 0.102. The van der Waals surface area contributed by atoms with Crippen LogP contribution in [0.1, 0.15) is 15.9 Å². The summed E-state index contributed by atoms with van der Waals surface area (Å²) in [5.41, 5.74) is 7.77. The van der Waals surface area contributed by atoms with Gasteiger partial charge in [-0.3, -0.25) is 9.78 Å². The molecule has 0 unspecified atom stereocenters. The molecular weight excluding hydrogens is 285 g/mol. The van der Waals surface area contributed by atoms with Crippen molar-refractivity contribution in [2.24, 2.45) is 0 Å². The van der Waals surface area contributed by atoms with Crippen molar-refractivity contribution < 1.29 is 4.79 Å². The summed E-state index contributed by atoms with van der Waals surface area (Å²) in [4.78, 5) is 16.1. The van der Waals surface area contributed by atoms with E-state index in [2.05, 4.69) is 10.3 Å². The first-order chi connectivity index (χ1) is 8.99. The molecule has 98 valence electrons. The molecule has 1 aromatic heterocycles. The van der Waals surface area contributed by atoms with E-state index in [1.807, 2.05) is 6.92 Å². The van der Waals surface area contributed by atoms with Crippen LogP contribution < -0.4 is 11.1 Å². The highest BCUT2D eigenvalue weighted by Crippen LogP contribution is 2.29. The van der Waals surface area contributed by atoms with E-state index in [1.54, 1.807) is 18.5 Å². The summed E-state index contributed by atoms with van der Waals surface area (Å²) in [6, 6.07) is 4.77. The Labute approximate surface area is 120 Å². The minimum absolute atomic E-state index is 0.176. The highest BCUT2D eigenvalue weighted by Gasteiger charge is 2.15. The van der Waals surface area contributed by atoms with Gasteiger partial charge in [-0.05, 0) is 30.7 Å². The van der Waals surface area contributed by atoms with Gasteiger partial charge in [0.1, 0.15) is 0 Å². The third kappa shape index (κ3) is 2.97. The molecule has 0 saturated heterocycles. The maximum Gasteiger partial charge on any atom is 0.257 e. The molecule has 4 nitrogen and oxygen atoms in total. The summed E-state index contributed by atoms with van der Waals surface area (Å²) in [5, 5.41) is 3.14. The number of nitrogens with one attached hydrogen (secondary N) is 1. The first-order valence-electron chi connectivity index (χ1n) is 5.45. The highest BCUT2D eigenvalue weighted by atomic mass is 35.5. The van der Waals surface area contributed by atoms with Gasteiger partial charge in [0, 0.05) is 11.9 Å². The number of aromatic nitrogens is 1. The minimum atomic E-state index is -0.379. The minimum Gasteiger partial charge on any atom is -0.399 e. The number of benzene rings is 1. The fourth-order valence-electron chi connectivity index (χ4n) is 1.56. The van der Waals surface area contributed by atoms with E-state index in [9.17, 15) is 4.79 Å². The molecule has 1 amide bonds. The Morgan fingerprint density at radius 3 is 2.79 bits per heavy atom. The number of hydrogen-bond acceptors (Lipinski definition) is 3. The lowest BCUT2D eigenvalue weighted by Gasteiger charge is -2.10. The molecular formula is C13H11Cl2N3O. The Balaban J connectivity index is 2.33. The van der Waals surface area contributed by atoms with Crippen LogP contribution in [-0.4, -0.2) is 10.9 Å². The van der Waals surface area contributed by atoms with Crippen molar-refractivity contribution in [2.45, 2.75) is 6.92 Å². The van der Waals surface area contributed by atoms with Crippen molar-refractivity contribution in [1.29, 1.82) is 0 Å². The number of nitrogens with two attached hydrogens (primary N) is 1. The fraction of sp³-hybridized carbons (Fsp3) is 0.0769. The summed E-state index contributed by atoms with van der Waals surface area (Å²) in [7, 11) is 0. The summed E-state index contributed by atoms with van der Waals surface area (Å²) in [5.74, 6) is -0.379. The Bertz CT molecular complexity index is 644. The molecule has 0 bridgehead atoms. The summed E-state index contributed by atoms with van der Waals surface area (Å²) in [6.45, 7) is 1.87. The monoisotopic (exact) mass is 295 g/mol. The highest BCUT2D eigenvalue weighted by molar-refractivity contribution is 6.44. The SMILES string of the molecule is Cc1ccncc1NC(=O)c1cc(N)cc(Cl)c1Cl. The van der Waals surface area contributed by atoms with Crippen LogP contribution in [0.4, 0.5) is 11.4 Å². The van der Waals surface area contributed by atoms with E-state index in [-0.39, 0.29) is 21.5 Å². The zero-order valence-corrected chi connectivity index (χ0v) is 11.6. The number of anilines is 2. The van der Waals surface area contributed by atoms with Crippen LogP contribution in [0.2, 0.25) is 10.0 Å². The Morgan fingerprint density at radius 1 is 1.37 bits per heavy atom. The molecule has 0 spiro atoms. The van der Waals surface area contributed by atoms with Crippen molar-refractivity contribution in [2.75, 3.05) is 11.1 Å². The number of aryl methyl sites for hydroxylation is 1. The molecule has 0 saturated carbocycles. The number of nitrogen functional groups attached to an aromatic ring is 1. The molecule has 1 aromatic carbocycles. The van der Waals surface area contributed by atoms with Crippen LogP contribution in [-0.2, 0) is 0 Å². The standard InChI is InChI=1S/C13H11Cl2N3O/c1-7-2-3-17-6-11(7)18-13(19)9-4-8(16)5-10(14)12(9)15/h2-6H,16H2,1H3,(H,18,19). The molecule has 3 N–H and O–H groups in total. The van der Waals surface area contributed by atoms with Crippen molar-refractivity contribution in [3.05, 3.63) is 51.8 Å². The average Bonchev–Trinajstić information content (AvgIpc) is 2.36. The van der Waals surface area contributed by atoms with Crippen molar-refractivity contribution in [3.8, 4) is 0 Å². The van der Waals surface area contributed by atoms with E-state index < -0.39 is 0 Å². The number of nitrogens with zero attached hydrogens (tertiary/aromatic N) is 1. The lowest BCUT2D eigenvalue weighted by Crippen LogP contribution is -2.14. The summed E-state index contributed by atoms with van der Waals surface area (Å²) >= 11 is 11.9. The summed E-state index contributed by atoms with van der Waals surface area (Å²) < 4.78 is 0. The molecule has 0 radical (unpaired) electrons. The predicted octanol–water partition coefficient (Wildman–Crippen LogP) is 3.53. The van der Waals surface area contributed by atoms with Crippen LogP contribution >= 0.6 is 23.2 Å². The largest absolute Gasteiger partial charge is 0.399 e. The van der Waals surface area contributed by atoms with Gasteiger partial charge in [-0.25, -0.2) is 0 Å². The third-order valence-corrected chi connectivity index (χ3v) is 3.38. The topological polar surface area (TPSA) is 68.0 Å². The van der Waals surface area contributed by atoms with Crippen LogP contribution in [0.25, 0.3) is 0 Å². The smallest absolute Gasteiger partial charge is 0.257 e. The van der Waals surface area contributed by atoms with Crippen molar-refractivity contribution in [3.63, 3.8) is 0 Å². The fourth-order valence-corrected chi connectivity index (χ4v) is 1.98. The average molecular weight is 296 g/mol. The maximum absolute atomic E-state index is 12.2. The molecule has 1 heterocycles. The van der Waals surface area contributed by atoms with E-state index in [0.29, 0.717) is 11.4 Å². The number of pyridine rings is 1. The molecule has 0 atom stereocenters. The van der Waals surface area contributed by atoms with Gasteiger partial charge in [0.05, 0.1) is 27.5 Å². The Hall–Kier alpha value is -1.78. The molecule has 2 rings (SSSR count). The Morgan fingerprint density at radius 2 is 2.11 bits per heavy atom. The summed E-state index contributed by atoms with van der Waals surface area (Å²) in [6.07, 6.45) is 3.21. The molecule has 0 aliphatic rings. The van der Waals surface area contributed by atoms with E-state index in [4.69, 9.17) is 28.9 Å². The zero-order valence-electron chi connectivity index (χ0n) is 10.1. The van der Waals surface area contributed by atoms with E-state index >= 15 is 0 Å². The van der Waals surface area contributed by atoms with Crippen molar-refractivity contribution >= 4 is 40.5 Å². The number of amides is 1. The van der Waals surface area contributed by atoms with Gasteiger partial charge in [0.15, 0.2) is 0 Å². The van der Waals surface area contributed by atoms with Gasteiger partial charge in [-0.2, -0.15) is 0 Å². The second kappa shape index (κ2) is 5.47. The lowest BCUT2D eigenvalue weighted by atomic mass is 10.1. The third-order valence-electron chi connectivity index (χ3n) is 2.58. The first-order valence-corrected chi connectivity index (χ1v) is 6.21. The Kier molecular flexibility index (Phi) is 3.93. The second-order valence-corrected chi connectivity index (χ2v) is 4.79. The first kappa shape index (κ1) is 13.6.